The number of aromatic nitrogens is 2. The minimum absolute atomic E-state index is 0.245. The fourth-order valence-corrected chi connectivity index (χ4v) is 2.59. The average Bonchev–Trinajstić information content (AvgIpc) is 2.90. The van der Waals surface area contributed by atoms with Gasteiger partial charge in [-0.05, 0) is 29.8 Å². The summed E-state index contributed by atoms with van der Waals surface area (Å²) in [5, 5.41) is 10.5. The van der Waals surface area contributed by atoms with Gasteiger partial charge in [0.25, 0.3) is 0 Å². The number of rotatable bonds is 3. The molecule has 0 saturated carbocycles. The predicted octanol–water partition coefficient (Wildman–Crippen LogP) is 4.61. The van der Waals surface area contributed by atoms with Gasteiger partial charge >= 0.3 is 0 Å². The quantitative estimate of drug-likeness (QED) is 0.765. The van der Waals surface area contributed by atoms with E-state index in [2.05, 4.69) is 4.98 Å². The summed E-state index contributed by atoms with van der Waals surface area (Å²) >= 11 is 12.3. The minimum Gasteiger partial charge on any atom is -0.508 e. The molecule has 0 aliphatic rings. The van der Waals surface area contributed by atoms with Crippen LogP contribution in [0.15, 0.2) is 54.9 Å². The van der Waals surface area contributed by atoms with Crippen LogP contribution in [0.3, 0.4) is 0 Å². The summed E-state index contributed by atoms with van der Waals surface area (Å²) in [5.74, 6) is 0.987. The number of imidazole rings is 1. The van der Waals surface area contributed by atoms with Crippen LogP contribution < -0.4 is 0 Å². The van der Waals surface area contributed by atoms with E-state index in [1.807, 2.05) is 35.0 Å². The molecule has 0 aliphatic heterocycles. The Morgan fingerprint density at radius 3 is 2.71 bits per heavy atom. The lowest BCUT2D eigenvalue weighted by molar-refractivity contribution is 0.474. The Bertz CT molecular complexity index is 783. The van der Waals surface area contributed by atoms with E-state index in [4.69, 9.17) is 23.2 Å². The molecule has 0 atom stereocenters. The molecule has 0 saturated heterocycles. The van der Waals surface area contributed by atoms with Crippen molar-refractivity contribution < 1.29 is 5.11 Å². The zero-order chi connectivity index (χ0) is 14.8. The number of hydrogen-bond acceptors (Lipinski definition) is 2. The van der Waals surface area contributed by atoms with Crippen molar-refractivity contribution in [1.29, 1.82) is 0 Å². The van der Waals surface area contributed by atoms with Crippen LogP contribution in [0.2, 0.25) is 10.0 Å². The molecule has 0 amide bonds. The number of phenols is 1. The van der Waals surface area contributed by atoms with Crippen LogP contribution in [0.1, 0.15) is 5.56 Å². The van der Waals surface area contributed by atoms with Crippen molar-refractivity contribution in [2.24, 2.45) is 0 Å². The van der Waals surface area contributed by atoms with Gasteiger partial charge in [-0.2, -0.15) is 0 Å². The van der Waals surface area contributed by atoms with Crippen molar-refractivity contribution in [1.82, 2.24) is 9.55 Å². The van der Waals surface area contributed by atoms with Crippen LogP contribution in [-0.2, 0) is 6.54 Å². The van der Waals surface area contributed by atoms with E-state index in [1.165, 1.54) is 0 Å². The molecule has 0 spiro atoms. The highest BCUT2D eigenvalue weighted by Gasteiger charge is 2.12. The zero-order valence-electron chi connectivity index (χ0n) is 11.0. The summed E-state index contributed by atoms with van der Waals surface area (Å²) in [4.78, 5) is 4.36. The van der Waals surface area contributed by atoms with E-state index in [1.54, 1.807) is 24.4 Å². The van der Waals surface area contributed by atoms with Crippen LogP contribution in [0.5, 0.6) is 5.75 Å². The molecule has 106 valence electrons. The molecule has 0 radical (unpaired) electrons. The number of hydrogen-bond donors (Lipinski definition) is 1. The summed E-state index contributed by atoms with van der Waals surface area (Å²) in [7, 11) is 0. The lowest BCUT2D eigenvalue weighted by Crippen LogP contribution is -2.01. The van der Waals surface area contributed by atoms with Gasteiger partial charge in [-0.15, -0.1) is 0 Å². The normalized spacial score (nSPS) is 10.8. The molecule has 5 heteroatoms. The van der Waals surface area contributed by atoms with Gasteiger partial charge < -0.3 is 9.67 Å². The van der Waals surface area contributed by atoms with E-state index in [0.29, 0.717) is 16.6 Å². The largest absolute Gasteiger partial charge is 0.508 e. The first kappa shape index (κ1) is 14.0. The summed E-state index contributed by atoms with van der Waals surface area (Å²) in [6.07, 6.45) is 3.59. The molecule has 0 aliphatic carbocycles. The maximum atomic E-state index is 9.55. The van der Waals surface area contributed by atoms with E-state index in [9.17, 15) is 5.11 Å². The maximum Gasteiger partial charge on any atom is 0.141 e. The van der Waals surface area contributed by atoms with Gasteiger partial charge in [-0.3, -0.25) is 0 Å². The first-order chi connectivity index (χ1) is 10.1. The zero-order valence-corrected chi connectivity index (χ0v) is 12.5. The Morgan fingerprint density at radius 1 is 1.10 bits per heavy atom. The third kappa shape index (κ3) is 2.89. The third-order valence-corrected chi connectivity index (χ3v) is 3.99. The minimum atomic E-state index is 0.245. The molecule has 3 rings (SSSR count). The maximum absolute atomic E-state index is 9.55. The van der Waals surface area contributed by atoms with E-state index in [0.717, 1.165) is 17.0 Å². The van der Waals surface area contributed by atoms with Crippen molar-refractivity contribution in [2.45, 2.75) is 6.54 Å². The molecule has 1 N–H and O–H groups in total. The van der Waals surface area contributed by atoms with Crippen LogP contribution in [-0.4, -0.2) is 14.7 Å². The molecular formula is C16H12Cl2N2O. The lowest BCUT2D eigenvalue weighted by atomic mass is 10.2. The molecule has 3 nitrogen and oxygen atoms in total. The Kier molecular flexibility index (Phi) is 3.86. The van der Waals surface area contributed by atoms with Gasteiger partial charge in [0, 0.05) is 24.5 Å². The lowest BCUT2D eigenvalue weighted by Gasteiger charge is -2.10. The Morgan fingerprint density at radius 2 is 1.90 bits per heavy atom. The van der Waals surface area contributed by atoms with Crippen LogP contribution in [0.4, 0.5) is 0 Å². The number of benzene rings is 2. The Hall–Kier alpha value is -1.97. The predicted molar refractivity (Wildman–Crippen MR) is 84.9 cm³/mol. The van der Waals surface area contributed by atoms with Crippen LogP contribution >= 0.6 is 23.2 Å². The monoisotopic (exact) mass is 318 g/mol. The Balaban J connectivity index is 2.00. The van der Waals surface area contributed by atoms with E-state index >= 15 is 0 Å². The standard InChI is InChI=1S/C16H12Cl2N2O/c17-14-6-2-5-13(15(14)18)16-19-7-8-20(16)10-11-3-1-4-12(21)9-11/h1-9,21H,10H2. The summed E-state index contributed by atoms with van der Waals surface area (Å²) in [6, 6.07) is 12.6. The molecular weight excluding hydrogens is 307 g/mol. The number of nitrogens with zero attached hydrogens (tertiary/aromatic N) is 2. The number of halogens is 2. The van der Waals surface area contributed by atoms with Gasteiger partial charge in [-0.25, -0.2) is 4.98 Å². The second kappa shape index (κ2) is 5.80. The van der Waals surface area contributed by atoms with Crippen molar-refractivity contribution >= 4 is 23.2 Å². The SMILES string of the molecule is Oc1cccc(Cn2ccnc2-c2cccc(Cl)c2Cl)c1. The van der Waals surface area contributed by atoms with Crippen LogP contribution in [0, 0.1) is 0 Å². The van der Waals surface area contributed by atoms with Crippen molar-refractivity contribution in [3.63, 3.8) is 0 Å². The second-order valence-electron chi connectivity index (χ2n) is 4.65. The summed E-state index contributed by atoms with van der Waals surface area (Å²) in [5.41, 5.74) is 1.77. The third-order valence-electron chi connectivity index (χ3n) is 3.17. The summed E-state index contributed by atoms with van der Waals surface area (Å²) < 4.78 is 1.96. The van der Waals surface area contributed by atoms with Crippen molar-refractivity contribution in [3.8, 4) is 17.1 Å². The summed E-state index contributed by atoms with van der Waals surface area (Å²) in [6.45, 7) is 0.590. The molecule has 1 aromatic heterocycles. The van der Waals surface area contributed by atoms with Gasteiger partial charge in [-0.1, -0.05) is 41.4 Å². The molecule has 1 heterocycles. The molecule has 3 aromatic rings. The van der Waals surface area contributed by atoms with E-state index in [-0.39, 0.29) is 5.75 Å². The van der Waals surface area contributed by atoms with Crippen molar-refractivity contribution in [3.05, 3.63) is 70.5 Å². The second-order valence-corrected chi connectivity index (χ2v) is 5.44. The fourth-order valence-electron chi connectivity index (χ4n) is 2.21. The van der Waals surface area contributed by atoms with Gasteiger partial charge in [0.1, 0.15) is 11.6 Å². The first-order valence-electron chi connectivity index (χ1n) is 6.38. The Labute approximate surface area is 132 Å². The number of phenolic OH excluding ortho intramolecular Hbond substituents is 1. The van der Waals surface area contributed by atoms with Gasteiger partial charge in [0.15, 0.2) is 0 Å². The van der Waals surface area contributed by atoms with E-state index < -0.39 is 0 Å². The van der Waals surface area contributed by atoms with Gasteiger partial charge in [0.05, 0.1) is 10.0 Å². The fraction of sp³-hybridized carbons (Fsp3) is 0.0625. The van der Waals surface area contributed by atoms with Crippen molar-refractivity contribution in [2.75, 3.05) is 0 Å². The highest BCUT2D eigenvalue weighted by atomic mass is 35.5. The van der Waals surface area contributed by atoms with Gasteiger partial charge in [0.2, 0.25) is 0 Å². The molecule has 0 fully saturated rings. The number of aromatic hydroxyl groups is 1. The molecule has 2 aromatic carbocycles. The molecule has 0 unspecified atom stereocenters. The molecule has 0 bridgehead atoms. The highest BCUT2D eigenvalue weighted by Crippen LogP contribution is 2.32. The topological polar surface area (TPSA) is 38.0 Å². The first-order valence-corrected chi connectivity index (χ1v) is 7.14. The average molecular weight is 319 g/mol. The van der Waals surface area contributed by atoms with Crippen LogP contribution in [0.25, 0.3) is 11.4 Å². The smallest absolute Gasteiger partial charge is 0.141 e. The highest BCUT2D eigenvalue weighted by molar-refractivity contribution is 6.43. The molecule has 21 heavy (non-hydrogen) atoms.